The molecule has 150 valence electrons. The fourth-order valence-electron chi connectivity index (χ4n) is 2.89. The Bertz CT molecular complexity index is 1140. The molecule has 0 unspecified atom stereocenters. The number of benzene rings is 3. The molecule has 0 aliphatic heterocycles. The first kappa shape index (κ1) is 19.2. The molecule has 3 aromatic carbocycles. The Morgan fingerprint density at radius 1 is 0.967 bits per heavy atom. The van der Waals surface area contributed by atoms with Crippen LogP contribution in [0.4, 0.5) is 11.5 Å². The number of carbonyl (C=O) groups is 1. The van der Waals surface area contributed by atoms with Crippen molar-refractivity contribution in [2.24, 2.45) is 0 Å². The van der Waals surface area contributed by atoms with Crippen molar-refractivity contribution in [3.05, 3.63) is 95.7 Å². The summed E-state index contributed by atoms with van der Waals surface area (Å²) in [6.07, 6.45) is 0. The quantitative estimate of drug-likeness (QED) is 0.505. The predicted octanol–water partition coefficient (Wildman–Crippen LogP) is 4.26. The number of nitrogens with zero attached hydrogens (tertiary/aromatic N) is 3. The molecule has 7 heteroatoms. The third-order valence-electron chi connectivity index (χ3n) is 4.53. The molecule has 4 rings (SSSR count). The molecule has 4 aromatic rings. The Balaban J connectivity index is 1.41. The predicted molar refractivity (Wildman–Crippen MR) is 116 cm³/mol. The summed E-state index contributed by atoms with van der Waals surface area (Å²) in [5.41, 5.74) is 8.99. The van der Waals surface area contributed by atoms with Crippen LogP contribution >= 0.6 is 0 Å². The Labute approximate surface area is 174 Å². The van der Waals surface area contributed by atoms with Crippen LogP contribution in [0.1, 0.15) is 21.6 Å². The summed E-state index contributed by atoms with van der Waals surface area (Å²) in [4.78, 5) is 12.6. The highest BCUT2D eigenvalue weighted by Crippen LogP contribution is 2.23. The minimum atomic E-state index is -0.417. The number of nitrogens with one attached hydrogen (secondary N) is 1. The van der Waals surface area contributed by atoms with Crippen molar-refractivity contribution in [2.45, 2.75) is 13.5 Å². The molecule has 0 aliphatic carbocycles. The zero-order valence-corrected chi connectivity index (χ0v) is 16.4. The maximum absolute atomic E-state index is 12.6. The number of aromatic nitrogens is 3. The van der Waals surface area contributed by atoms with Gasteiger partial charge in [-0.3, -0.25) is 4.79 Å². The molecule has 7 nitrogen and oxygen atoms in total. The van der Waals surface area contributed by atoms with Gasteiger partial charge in [0.15, 0.2) is 11.5 Å². The van der Waals surface area contributed by atoms with E-state index in [9.17, 15) is 4.79 Å². The Hall–Kier alpha value is -4.13. The van der Waals surface area contributed by atoms with Crippen molar-refractivity contribution in [1.29, 1.82) is 0 Å². The van der Waals surface area contributed by atoms with Gasteiger partial charge in [0.05, 0.1) is 6.54 Å². The van der Waals surface area contributed by atoms with Gasteiger partial charge in [0.25, 0.3) is 5.91 Å². The summed E-state index contributed by atoms with van der Waals surface area (Å²) in [5.74, 6) is 1.21. The lowest BCUT2D eigenvalue weighted by atomic mass is 10.1. The van der Waals surface area contributed by atoms with Crippen LogP contribution in [-0.2, 0) is 6.54 Å². The van der Waals surface area contributed by atoms with Gasteiger partial charge in [0.2, 0.25) is 0 Å². The second kappa shape index (κ2) is 8.48. The smallest absolute Gasteiger partial charge is 0.280 e. The standard InChI is InChI=1S/C23H21N5O2/c1-16-7-9-17(10-8-16)15-28-22(24)21(26-27-28)23(29)25-18-11-13-20(14-12-18)30-19-5-3-2-4-6-19/h2-14H,15,24H2,1H3,(H,25,29). The number of anilines is 2. The average Bonchev–Trinajstić information content (AvgIpc) is 3.12. The van der Waals surface area contributed by atoms with Crippen LogP contribution in [0.3, 0.4) is 0 Å². The lowest BCUT2D eigenvalue weighted by Gasteiger charge is -2.08. The van der Waals surface area contributed by atoms with Crippen molar-refractivity contribution in [3.8, 4) is 11.5 Å². The maximum atomic E-state index is 12.6. The number of hydrogen-bond donors (Lipinski definition) is 2. The van der Waals surface area contributed by atoms with Gasteiger partial charge in [-0.15, -0.1) is 5.10 Å². The zero-order valence-electron chi connectivity index (χ0n) is 16.4. The van der Waals surface area contributed by atoms with Crippen LogP contribution in [0, 0.1) is 6.92 Å². The largest absolute Gasteiger partial charge is 0.457 e. The third kappa shape index (κ3) is 4.47. The van der Waals surface area contributed by atoms with Crippen molar-refractivity contribution in [1.82, 2.24) is 15.0 Å². The molecule has 0 fully saturated rings. The van der Waals surface area contributed by atoms with E-state index in [1.165, 1.54) is 10.2 Å². The Kier molecular flexibility index (Phi) is 5.43. The Morgan fingerprint density at radius 2 is 1.63 bits per heavy atom. The van der Waals surface area contributed by atoms with Crippen molar-refractivity contribution >= 4 is 17.4 Å². The molecule has 1 heterocycles. The van der Waals surface area contributed by atoms with E-state index in [1.54, 1.807) is 24.3 Å². The number of carbonyl (C=O) groups excluding carboxylic acids is 1. The molecule has 30 heavy (non-hydrogen) atoms. The number of ether oxygens (including phenoxy) is 1. The summed E-state index contributed by atoms with van der Waals surface area (Å²) >= 11 is 0. The summed E-state index contributed by atoms with van der Waals surface area (Å²) in [7, 11) is 0. The van der Waals surface area contributed by atoms with E-state index in [-0.39, 0.29) is 11.5 Å². The first-order chi connectivity index (χ1) is 14.6. The monoisotopic (exact) mass is 399 g/mol. The van der Waals surface area contributed by atoms with E-state index >= 15 is 0 Å². The molecule has 3 N–H and O–H groups in total. The van der Waals surface area contributed by atoms with Gasteiger partial charge in [-0.1, -0.05) is 53.2 Å². The lowest BCUT2D eigenvalue weighted by Crippen LogP contribution is -2.15. The molecule has 1 aromatic heterocycles. The van der Waals surface area contributed by atoms with E-state index in [0.717, 1.165) is 11.3 Å². The van der Waals surface area contributed by atoms with Crippen molar-refractivity contribution < 1.29 is 9.53 Å². The number of rotatable bonds is 6. The van der Waals surface area contributed by atoms with Crippen LogP contribution in [0.2, 0.25) is 0 Å². The molecule has 0 radical (unpaired) electrons. The zero-order chi connectivity index (χ0) is 20.9. The summed E-state index contributed by atoms with van der Waals surface area (Å²) in [6.45, 7) is 2.47. The van der Waals surface area contributed by atoms with Gasteiger partial charge in [0, 0.05) is 5.69 Å². The fourth-order valence-corrected chi connectivity index (χ4v) is 2.89. The van der Waals surface area contributed by atoms with Gasteiger partial charge >= 0.3 is 0 Å². The van der Waals surface area contributed by atoms with E-state index < -0.39 is 5.91 Å². The van der Waals surface area contributed by atoms with Crippen LogP contribution in [-0.4, -0.2) is 20.9 Å². The highest BCUT2D eigenvalue weighted by Gasteiger charge is 2.18. The number of nitrogens with two attached hydrogens (primary N) is 1. The topological polar surface area (TPSA) is 95.1 Å². The first-order valence-electron chi connectivity index (χ1n) is 9.47. The van der Waals surface area contributed by atoms with E-state index in [2.05, 4.69) is 15.6 Å². The molecule has 0 aliphatic rings. The SMILES string of the molecule is Cc1ccc(Cn2nnc(C(=O)Nc3ccc(Oc4ccccc4)cc3)c2N)cc1. The molecular formula is C23H21N5O2. The van der Waals surface area contributed by atoms with Gasteiger partial charge in [0.1, 0.15) is 11.5 Å². The molecule has 1 amide bonds. The lowest BCUT2D eigenvalue weighted by molar-refractivity contribution is 0.102. The molecular weight excluding hydrogens is 378 g/mol. The van der Waals surface area contributed by atoms with Crippen LogP contribution in [0.15, 0.2) is 78.9 Å². The van der Waals surface area contributed by atoms with Gasteiger partial charge < -0.3 is 15.8 Å². The molecule has 0 bridgehead atoms. The van der Waals surface area contributed by atoms with E-state index in [4.69, 9.17) is 10.5 Å². The molecule has 0 atom stereocenters. The molecule has 0 saturated carbocycles. The highest BCUT2D eigenvalue weighted by molar-refractivity contribution is 6.05. The normalized spacial score (nSPS) is 10.6. The van der Waals surface area contributed by atoms with Gasteiger partial charge in [-0.2, -0.15) is 0 Å². The van der Waals surface area contributed by atoms with Crippen LogP contribution < -0.4 is 15.8 Å². The number of hydrogen-bond acceptors (Lipinski definition) is 5. The third-order valence-corrected chi connectivity index (χ3v) is 4.53. The van der Waals surface area contributed by atoms with Crippen LogP contribution in [0.25, 0.3) is 0 Å². The summed E-state index contributed by atoms with van der Waals surface area (Å²) in [5, 5.41) is 10.8. The fraction of sp³-hybridized carbons (Fsp3) is 0.0870. The van der Waals surface area contributed by atoms with Crippen LogP contribution in [0.5, 0.6) is 11.5 Å². The van der Waals surface area contributed by atoms with Gasteiger partial charge in [-0.25, -0.2) is 4.68 Å². The number of para-hydroxylation sites is 1. The Morgan fingerprint density at radius 3 is 2.33 bits per heavy atom. The highest BCUT2D eigenvalue weighted by atomic mass is 16.5. The number of aryl methyl sites for hydroxylation is 1. The number of nitrogen functional groups attached to an aromatic ring is 1. The minimum Gasteiger partial charge on any atom is -0.457 e. The maximum Gasteiger partial charge on any atom is 0.280 e. The second-order valence-corrected chi connectivity index (χ2v) is 6.86. The molecule has 0 spiro atoms. The van der Waals surface area contributed by atoms with Gasteiger partial charge in [-0.05, 0) is 48.9 Å². The molecule has 0 saturated heterocycles. The minimum absolute atomic E-state index is 0.0896. The second-order valence-electron chi connectivity index (χ2n) is 6.86. The van der Waals surface area contributed by atoms with E-state index in [1.807, 2.05) is 61.5 Å². The summed E-state index contributed by atoms with van der Waals surface area (Å²) in [6, 6.07) is 24.6. The number of amides is 1. The van der Waals surface area contributed by atoms with Crippen molar-refractivity contribution in [2.75, 3.05) is 11.1 Å². The van der Waals surface area contributed by atoms with E-state index in [0.29, 0.717) is 18.0 Å². The van der Waals surface area contributed by atoms with Crippen molar-refractivity contribution in [3.63, 3.8) is 0 Å². The average molecular weight is 399 g/mol. The summed E-state index contributed by atoms with van der Waals surface area (Å²) < 4.78 is 7.26. The first-order valence-corrected chi connectivity index (χ1v) is 9.47.